The van der Waals surface area contributed by atoms with E-state index in [4.69, 9.17) is 4.74 Å². The number of amides is 2. The number of rotatable bonds is 1. The van der Waals surface area contributed by atoms with Crippen molar-refractivity contribution in [2.24, 2.45) is 5.92 Å². The number of carbonyl (C=O) groups is 2. The third-order valence-electron chi connectivity index (χ3n) is 4.38. The average molecular weight is 302 g/mol. The summed E-state index contributed by atoms with van der Waals surface area (Å²) < 4.78 is 5.46. The molecule has 0 bridgehead atoms. The van der Waals surface area contributed by atoms with Gasteiger partial charge in [-0.1, -0.05) is 12.1 Å². The molecule has 0 saturated carbocycles. The molecule has 1 saturated heterocycles. The van der Waals surface area contributed by atoms with Crippen molar-refractivity contribution in [1.29, 1.82) is 0 Å². The summed E-state index contributed by atoms with van der Waals surface area (Å²) in [5.74, 6) is 0.0750. The smallest absolute Gasteiger partial charge is 0.232 e. The number of benzene rings is 1. The van der Waals surface area contributed by atoms with Crippen LogP contribution in [0, 0.1) is 5.92 Å². The average Bonchev–Trinajstić information content (AvgIpc) is 2.74. The first-order valence-electron chi connectivity index (χ1n) is 7.95. The lowest BCUT2D eigenvalue weighted by atomic mass is 10.00. The van der Waals surface area contributed by atoms with E-state index in [1.165, 1.54) is 0 Å². The number of fused-ring (bicyclic) bond motifs is 1. The fraction of sp³-hybridized carbons (Fsp3) is 0.529. The summed E-state index contributed by atoms with van der Waals surface area (Å²) in [4.78, 5) is 28.4. The van der Waals surface area contributed by atoms with Crippen LogP contribution in [0.3, 0.4) is 0 Å². The van der Waals surface area contributed by atoms with E-state index < -0.39 is 0 Å². The lowest BCUT2D eigenvalue weighted by Crippen LogP contribution is -2.40. The Morgan fingerprint density at radius 3 is 2.41 bits per heavy atom. The van der Waals surface area contributed by atoms with Crippen molar-refractivity contribution >= 4 is 23.2 Å². The Balaban J connectivity index is 1.92. The van der Waals surface area contributed by atoms with E-state index in [1.54, 1.807) is 11.8 Å². The van der Waals surface area contributed by atoms with Crippen molar-refractivity contribution in [2.45, 2.75) is 26.2 Å². The van der Waals surface area contributed by atoms with Crippen molar-refractivity contribution < 1.29 is 14.3 Å². The Hall–Kier alpha value is -1.88. The Morgan fingerprint density at radius 1 is 1.09 bits per heavy atom. The monoisotopic (exact) mass is 302 g/mol. The molecule has 1 fully saturated rings. The van der Waals surface area contributed by atoms with Gasteiger partial charge in [-0.05, 0) is 31.4 Å². The maximum Gasteiger partial charge on any atom is 0.232 e. The second-order valence-electron chi connectivity index (χ2n) is 5.92. The molecular formula is C17H22N2O3. The SMILES string of the molecule is CC(=O)N1CCCN(C(=O)[C@@H]2CCCOC2)c2ccccc21. The topological polar surface area (TPSA) is 49.9 Å². The van der Waals surface area contributed by atoms with Gasteiger partial charge in [0.05, 0.1) is 23.9 Å². The molecule has 2 heterocycles. The standard InChI is InChI=1S/C17H22N2O3/c1-13(20)18-9-5-10-19(16-8-3-2-7-15(16)18)17(21)14-6-4-11-22-12-14/h2-3,7-8,14H,4-6,9-12H2,1H3/t14-/m1/s1. The first-order chi connectivity index (χ1) is 10.7. The van der Waals surface area contributed by atoms with Gasteiger partial charge in [-0.3, -0.25) is 9.59 Å². The summed E-state index contributed by atoms with van der Waals surface area (Å²) >= 11 is 0. The van der Waals surface area contributed by atoms with Gasteiger partial charge in [0.1, 0.15) is 0 Å². The third kappa shape index (κ3) is 2.86. The predicted molar refractivity (Wildman–Crippen MR) is 85.0 cm³/mol. The predicted octanol–water partition coefficient (Wildman–Crippen LogP) is 2.20. The molecule has 0 radical (unpaired) electrons. The number of ether oxygens (including phenoxy) is 1. The van der Waals surface area contributed by atoms with E-state index in [0.717, 1.165) is 37.2 Å². The van der Waals surface area contributed by atoms with Crippen LogP contribution in [0.5, 0.6) is 0 Å². The van der Waals surface area contributed by atoms with E-state index in [-0.39, 0.29) is 17.7 Å². The van der Waals surface area contributed by atoms with E-state index in [2.05, 4.69) is 0 Å². The van der Waals surface area contributed by atoms with Gasteiger partial charge in [0.15, 0.2) is 0 Å². The van der Waals surface area contributed by atoms with Gasteiger partial charge in [-0.15, -0.1) is 0 Å². The van der Waals surface area contributed by atoms with Gasteiger partial charge in [0, 0.05) is 26.6 Å². The van der Waals surface area contributed by atoms with E-state index in [1.807, 2.05) is 29.2 Å². The minimum Gasteiger partial charge on any atom is -0.381 e. The molecule has 5 heteroatoms. The van der Waals surface area contributed by atoms with Gasteiger partial charge in [-0.2, -0.15) is 0 Å². The second kappa shape index (κ2) is 6.48. The molecule has 1 atom stereocenters. The zero-order valence-electron chi connectivity index (χ0n) is 13.0. The molecular weight excluding hydrogens is 280 g/mol. The van der Waals surface area contributed by atoms with Crippen molar-refractivity contribution in [3.05, 3.63) is 24.3 Å². The molecule has 2 aliphatic heterocycles. The van der Waals surface area contributed by atoms with Crippen LogP contribution in [-0.4, -0.2) is 38.1 Å². The van der Waals surface area contributed by atoms with Crippen LogP contribution in [0.4, 0.5) is 11.4 Å². The normalized spacial score (nSPS) is 22.0. The molecule has 2 amide bonds. The largest absolute Gasteiger partial charge is 0.381 e. The van der Waals surface area contributed by atoms with Crippen molar-refractivity contribution in [3.8, 4) is 0 Å². The van der Waals surface area contributed by atoms with Gasteiger partial charge >= 0.3 is 0 Å². The van der Waals surface area contributed by atoms with Gasteiger partial charge in [0.2, 0.25) is 11.8 Å². The zero-order chi connectivity index (χ0) is 15.5. The third-order valence-corrected chi connectivity index (χ3v) is 4.38. The van der Waals surface area contributed by atoms with E-state index >= 15 is 0 Å². The summed E-state index contributed by atoms with van der Waals surface area (Å²) in [6, 6.07) is 7.67. The molecule has 2 aliphatic rings. The molecule has 22 heavy (non-hydrogen) atoms. The van der Waals surface area contributed by atoms with Crippen molar-refractivity contribution in [2.75, 3.05) is 36.1 Å². The van der Waals surface area contributed by atoms with Crippen LogP contribution < -0.4 is 9.80 Å². The Morgan fingerprint density at radius 2 is 1.77 bits per heavy atom. The number of nitrogens with zero attached hydrogens (tertiary/aromatic N) is 2. The molecule has 3 rings (SSSR count). The van der Waals surface area contributed by atoms with Crippen LogP contribution in [0.2, 0.25) is 0 Å². The Bertz CT molecular complexity index is 567. The van der Waals surface area contributed by atoms with Crippen molar-refractivity contribution in [3.63, 3.8) is 0 Å². The minimum absolute atomic E-state index is 0.0164. The summed E-state index contributed by atoms with van der Waals surface area (Å²) in [6.07, 6.45) is 2.60. The lowest BCUT2D eigenvalue weighted by Gasteiger charge is -2.29. The zero-order valence-corrected chi connectivity index (χ0v) is 13.0. The summed E-state index contributed by atoms with van der Waals surface area (Å²) in [5.41, 5.74) is 1.67. The van der Waals surface area contributed by atoms with Crippen LogP contribution in [0.15, 0.2) is 24.3 Å². The highest BCUT2D eigenvalue weighted by Crippen LogP contribution is 2.33. The van der Waals surface area contributed by atoms with E-state index in [9.17, 15) is 9.59 Å². The summed E-state index contributed by atoms with van der Waals surface area (Å²) in [7, 11) is 0. The maximum absolute atomic E-state index is 12.9. The Kier molecular flexibility index (Phi) is 4.43. The van der Waals surface area contributed by atoms with Crippen LogP contribution in [-0.2, 0) is 14.3 Å². The van der Waals surface area contributed by atoms with Crippen molar-refractivity contribution in [1.82, 2.24) is 0 Å². The Labute approximate surface area is 130 Å². The number of hydrogen-bond donors (Lipinski definition) is 0. The van der Waals surface area contributed by atoms with Gasteiger partial charge < -0.3 is 14.5 Å². The minimum atomic E-state index is -0.0642. The first kappa shape index (κ1) is 15.0. The molecule has 0 spiro atoms. The number of para-hydroxylation sites is 2. The summed E-state index contributed by atoms with van der Waals surface area (Å²) in [6.45, 7) is 4.13. The first-order valence-corrected chi connectivity index (χ1v) is 7.95. The van der Waals surface area contributed by atoms with Crippen LogP contribution in [0.1, 0.15) is 26.2 Å². The van der Waals surface area contributed by atoms with Crippen LogP contribution >= 0.6 is 0 Å². The highest BCUT2D eigenvalue weighted by molar-refractivity contribution is 6.02. The summed E-state index contributed by atoms with van der Waals surface area (Å²) in [5, 5.41) is 0. The highest BCUT2D eigenvalue weighted by Gasteiger charge is 2.31. The number of anilines is 2. The molecule has 0 N–H and O–H groups in total. The molecule has 1 aromatic rings. The van der Waals surface area contributed by atoms with Gasteiger partial charge in [0.25, 0.3) is 0 Å². The molecule has 0 unspecified atom stereocenters. The number of carbonyl (C=O) groups excluding carboxylic acids is 2. The molecule has 118 valence electrons. The fourth-order valence-electron chi connectivity index (χ4n) is 3.26. The number of hydrogen-bond acceptors (Lipinski definition) is 3. The van der Waals surface area contributed by atoms with E-state index in [0.29, 0.717) is 19.7 Å². The second-order valence-corrected chi connectivity index (χ2v) is 5.92. The molecule has 1 aromatic carbocycles. The highest BCUT2D eigenvalue weighted by atomic mass is 16.5. The van der Waals surface area contributed by atoms with Crippen LogP contribution in [0.25, 0.3) is 0 Å². The fourth-order valence-corrected chi connectivity index (χ4v) is 3.26. The van der Waals surface area contributed by atoms with Gasteiger partial charge in [-0.25, -0.2) is 0 Å². The molecule has 0 aromatic heterocycles. The molecule has 0 aliphatic carbocycles. The molecule has 5 nitrogen and oxygen atoms in total. The lowest BCUT2D eigenvalue weighted by molar-refractivity contribution is -0.126. The quantitative estimate of drug-likeness (QED) is 0.799. The maximum atomic E-state index is 12.9.